The number of carbonyl (C=O) groups is 3. The van der Waals surface area contributed by atoms with Gasteiger partial charge in [-0.05, 0) is 62.6 Å². The minimum atomic E-state index is -0.403. The summed E-state index contributed by atoms with van der Waals surface area (Å²) >= 11 is 0. The van der Waals surface area contributed by atoms with Crippen molar-refractivity contribution in [3.05, 3.63) is 30.1 Å². The fourth-order valence-corrected chi connectivity index (χ4v) is 4.64. The summed E-state index contributed by atoms with van der Waals surface area (Å²) in [6, 6.07) is 5.38. The van der Waals surface area contributed by atoms with Gasteiger partial charge >= 0.3 is 6.03 Å². The van der Waals surface area contributed by atoms with Crippen molar-refractivity contribution in [1.82, 2.24) is 15.1 Å². The molecule has 2 aliphatic heterocycles. The monoisotopic (exact) mass is 430 g/mol. The van der Waals surface area contributed by atoms with Crippen LogP contribution in [0, 0.1) is 23.6 Å². The Labute approximate surface area is 182 Å². The standard InChI is InChI=1S/C23H31FN4O3/c24-19-6-1-7-20(12-19)26-23(31)25-13-16-4-2-10-27(14-16)22(30)18-5-3-11-28(15-18)21(29)17-8-9-17/h1,6-7,12,16-18H,2-5,8-11,13-15H2,(H2,25,26,31). The van der Waals surface area contributed by atoms with Crippen molar-refractivity contribution in [2.75, 3.05) is 38.0 Å². The summed E-state index contributed by atoms with van der Waals surface area (Å²) in [5.74, 6) is 0.227. The zero-order valence-corrected chi connectivity index (χ0v) is 17.8. The fraction of sp³-hybridized carbons (Fsp3) is 0.609. The molecule has 168 valence electrons. The molecule has 2 N–H and O–H groups in total. The van der Waals surface area contributed by atoms with Crippen LogP contribution in [0.1, 0.15) is 38.5 Å². The average molecular weight is 431 g/mol. The molecule has 1 aliphatic carbocycles. The Kier molecular flexibility index (Phi) is 6.73. The van der Waals surface area contributed by atoms with E-state index in [0.717, 1.165) is 51.6 Å². The van der Waals surface area contributed by atoms with Gasteiger partial charge in [-0.25, -0.2) is 9.18 Å². The molecule has 3 aliphatic rings. The molecule has 2 unspecified atom stereocenters. The Morgan fingerprint density at radius 2 is 1.65 bits per heavy atom. The van der Waals surface area contributed by atoms with Gasteiger partial charge in [-0.2, -0.15) is 0 Å². The third kappa shape index (κ3) is 5.74. The Balaban J connectivity index is 1.24. The minimum Gasteiger partial charge on any atom is -0.342 e. The highest BCUT2D eigenvalue weighted by Crippen LogP contribution is 2.33. The number of rotatable bonds is 5. The van der Waals surface area contributed by atoms with Crippen molar-refractivity contribution in [2.24, 2.45) is 17.8 Å². The summed E-state index contributed by atoms with van der Waals surface area (Å²) in [7, 11) is 0. The number of nitrogens with one attached hydrogen (secondary N) is 2. The van der Waals surface area contributed by atoms with E-state index in [4.69, 9.17) is 0 Å². The Hall–Kier alpha value is -2.64. The summed E-state index contributed by atoms with van der Waals surface area (Å²) in [4.78, 5) is 41.4. The minimum absolute atomic E-state index is 0.112. The molecule has 0 spiro atoms. The zero-order valence-electron chi connectivity index (χ0n) is 17.8. The van der Waals surface area contributed by atoms with Crippen LogP contribution < -0.4 is 10.6 Å². The second-order valence-corrected chi connectivity index (χ2v) is 9.04. The first kappa shape index (κ1) is 21.6. The van der Waals surface area contributed by atoms with Gasteiger partial charge in [-0.15, -0.1) is 0 Å². The van der Waals surface area contributed by atoms with Crippen molar-refractivity contribution in [3.63, 3.8) is 0 Å². The van der Waals surface area contributed by atoms with Crippen LogP contribution >= 0.6 is 0 Å². The molecule has 31 heavy (non-hydrogen) atoms. The lowest BCUT2D eigenvalue weighted by Crippen LogP contribution is -2.50. The lowest BCUT2D eigenvalue weighted by molar-refractivity contribution is -0.142. The third-order valence-electron chi connectivity index (χ3n) is 6.47. The van der Waals surface area contributed by atoms with Crippen LogP contribution in [0.4, 0.5) is 14.9 Å². The molecule has 1 saturated carbocycles. The molecule has 8 heteroatoms. The van der Waals surface area contributed by atoms with E-state index >= 15 is 0 Å². The first-order valence-electron chi connectivity index (χ1n) is 11.4. The number of hydrogen-bond donors (Lipinski definition) is 2. The van der Waals surface area contributed by atoms with Crippen molar-refractivity contribution >= 4 is 23.5 Å². The van der Waals surface area contributed by atoms with E-state index in [-0.39, 0.29) is 35.6 Å². The molecule has 0 aromatic heterocycles. The summed E-state index contributed by atoms with van der Waals surface area (Å²) < 4.78 is 13.2. The summed E-state index contributed by atoms with van der Waals surface area (Å²) in [5, 5.41) is 5.47. The van der Waals surface area contributed by atoms with Gasteiger partial charge in [0.1, 0.15) is 5.82 Å². The molecule has 2 saturated heterocycles. The van der Waals surface area contributed by atoms with Gasteiger partial charge in [0, 0.05) is 44.3 Å². The lowest BCUT2D eigenvalue weighted by atomic mass is 9.92. The van der Waals surface area contributed by atoms with Gasteiger partial charge in [-0.1, -0.05) is 6.07 Å². The van der Waals surface area contributed by atoms with E-state index in [2.05, 4.69) is 10.6 Å². The molecular weight excluding hydrogens is 399 g/mol. The van der Waals surface area contributed by atoms with Crippen molar-refractivity contribution in [2.45, 2.75) is 38.5 Å². The molecule has 0 radical (unpaired) electrons. The Morgan fingerprint density at radius 3 is 2.39 bits per heavy atom. The van der Waals surface area contributed by atoms with E-state index in [1.807, 2.05) is 9.80 Å². The van der Waals surface area contributed by atoms with Gasteiger partial charge in [-0.3, -0.25) is 9.59 Å². The molecule has 4 amide bonds. The highest BCUT2D eigenvalue weighted by Gasteiger charge is 2.38. The smallest absolute Gasteiger partial charge is 0.319 e. The van der Waals surface area contributed by atoms with Crippen LogP contribution in [0.2, 0.25) is 0 Å². The zero-order chi connectivity index (χ0) is 21.8. The molecule has 1 aromatic carbocycles. The molecule has 7 nitrogen and oxygen atoms in total. The number of benzene rings is 1. The highest BCUT2D eigenvalue weighted by atomic mass is 19.1. The van der Waals surface area contributed by atoms with E-state index in [0.29, 0.717) is 25.3 Å². The number of halogens is 1. The topological polar surface area (TPSA) is 81.8 Å². The Morgan fingerprint density at radius 1 is 0.935 bits per heavy atom. The van der Waals surface area contributed by atoms with Crippen molar-refractivity contribution in [1.29, 1.82) is 0 Å². The van der Waals surface area contributed by atoms with Crippen LogP contribution in [0.25, 0.3) is 0 Å². The molecule has 3 fully saturated rings. The number of carbonyl (C=O) groups excluding carboxylic acids is 3. The Bertz CT molecular complexity index is 829. The maximum absolute atomic E-state index is 13.2. The number of amides is 4. The second-order valence-electron chi connectivity index (χ2n) is 9.04. The maximum atomic E-state index is 13.2. The molecule has 0 bridgehead atoms. The number of anilines is 1. The fourth-order valence-electron chi connectivity index (χ4n) is 4.64. The molecule has 4 rings (SSSR count). The second kappa shape index (κ2) is 9.66. The van der Waals surface area contributed by atoms with Gasteiger partial charge < -0.3 is 20.4 Å². The lowest BCUT2D eigenvalue weighted by Gasteiger charge is -2.38. The van der Waals surface area contributed by atoms with E-state index in [1.165, 1.54) is 12.1 Å². The average Bonchev–Trinajstić information content (AvgIpc) is 3.62. The largest absolute Gasteiger partial charge is 0.342 e. The van der Waals surface area contributed by atoms with E-state index < -0.39 is 5.82 Å². The highest BCUT2D eigenvalue weighted by molar-refractivity contribution is 5.89. The predicted octanol–water partition coefficient (Wildman–Crippen LogP) is 2.83. The predicted molar refractivity (Wildman–Crippen MR) is 115 cm³/mol. The van der Waals surface area contributed by atoms with Crippen LogP contribution in [0.15, 0.2) is 24.3 Å². The number of piperidine rings is 2. The summed E-state index contributed by atoms with van der Waals surface area (Å²) in [6.45, 7) is 3.13. The van der Waals surface area contributed by atoms with Crippen molar-refractivity contribution in [3.8, 4) is 0 Å². The molecular formula is C23H31FN4O3. The number of hydrogen-bond acceptors (Lipinski definition) is 3. The van der Waals surface area contributed by atoms with Gasteiger partial charge in [0.2, 0.25) is 11.8 Å². The van der Waals surface area contributed by atoms with Gasteiger partial charge in [0.15, 0.2) is 0 Å². The van der Waals surface area contributed by atoms with E-state index in [1.54, 1.807) is 12.1 Å². The summed E-state index contributed by atoms with van der Waals surface area (Å²) in [6.07, 6.45) is 5.54. The van der Waals surface area contributed by atoms with Gasteiger partial charge in [0.25, 0.3) is 0 Å². The van der Waals surface area contributed by atoms with Gasteiger partial charge in [0.05, 0.1) is 5.92 Å². The summed E-state index contributed by atoms with van der Waals surface area (Å²) in [5.41, 5.74) is 0.403. The number of urea groups is 1. The van der Waals surface area contributed by atoms with E-state index in [9.17, 15) is 18.8 Å². The molecule has 2 heterocycles. The number of nitrogens with zero attached hydrogens (tertiary/aromatic N) is 2. The first-order valence-corrected chi connectivity index (χ1v) is 11.4. The van der Waals surface area contributed by atoms with Crippen LogP contribution in [-0.2, 0) is 9.59 Å². The van der Waals surface area contributed by atoms with Crippen LogP contribution in [0.3, 0.4) is 0 Å². The quantitative estimate of drug-likeness (QED) is 0.754. The SMILES string of the molecule is O=C(NCC1CCCN(C(=O)C2CCCN(C(=O)C3CC3)C2)C1)Nc1cccc(F)c1. The third-order valence-corrected chi connectivity index (χ3v) is 6.47. The number of likely N-dealkylation sites (tertiary alicyclic amines) is 2. The molecule has 1 aromatic rings. The normalized spacial score (nSPS) is 23.9. The maximum Gasteiger partial charge on any atom is 0.319 e. The molecule has 2 atom stereocenters. The van der Waals surface area contributed by atoms with Crippen LogP contribution in [0.5, 0.6) is 0 Å². The first-order chi connectivity index (χ1) is 15.0. The van der Waals surface area contributed by atoms with Crippen molar-refractivity contribution < 1.29 is 18.8 Å². The van der Waals surface area contributed by atoms with Crippen LogP contribution in [-0.4, -0.2) is 60.4 Å².